The van der Waals surface area contributed by atoms with Crippen LogP contribution in [0.25, 0.3) is 11.3 Å². The summed E-state index contributed by atoms with van der Waals surface area (Å²) in [4.78, 5) is 27.6. The Balaban J connectivity index is 1.37. The zero-order valence-corrected chi connectivity index (χ0v) is 17.9. The van der Waals surface area contributed by atoms with Gasteiger partial charge in [-0.05, 0) is 31.2 Å². The molecular formula is C23H30FN5O2. The van der Waals surface area contributed by atoms with Crippen LogP contribution < -0.4 is 11.1 Å². The molecule has 1 unspecified atom stereocenters. The summed E-state index contributed by atoms with van der Waals surface area (Å²) in [5.74, 6) is -0.593. The smallest absolute Gasteiger partial charge is 0.243 e. The Morgan fingerprint density at radius 1 is 1.19 bits per heavy atom. The Morgan fingerprint density at radius 2 is 1.90 bits per heavy atom. The fourth-order valence-electron chi connectivity index (χ4n) is 4.79. The van der Waals surface area contributed by atoms with Crippen molar-refractivity contribution < 1.29 is 14.0 Å². The number of nitrogens with zero attached hydrogens (tertiary/aromatic N) is 3. The van der Waals surface area contributed by atoms with Crippen molar-refractivity contribution in [2.45, 2.75) is 63.1 Å². The van der Waals surface area contributed by atoms with E-state index in [0.717, 1.165) is 36.8 Å². The van der Waals surface area contributed by atoms with Gasteiger partial charge in [0.2, 0.25) is 11.8 Å². The summed E-state index contributed by atoms with van der Waals surface area (Å²) >= 11 is 0. The third-order valence-electron chi connectivity index (χ3n) is 6.58. The van der Waals surface area contributed by atoms with E-state index in [1.165, 1.54) is 10.9 Å². The van der Waals surface area contributed by atoms with E-state index >= 15 is 0 Å². The van der Waals surface area contributed by atoms with Crippen LogP contribution in [0.2, 0.25) is 0 Å². The number of amides is 2. The minimum Gasteiger partial charge on any atom is -0.350 e. The van der Waals surface area contributed by atoms with Gasteiger partial charge in [0.15, 0.2) is 5.82 Å². The number of halogens is 1. The maximum Gasteiger partial charge on any atom is 0.243 e. The molecule has 1 aromatic carbocycles. The first-order chi connectivity index (χ1) is 14.9. The molecule has 2 heterocycles. The minimum absolute atomic E-state index is 0.0765. The number of hydrogen-bond donors (Lipinski definition) is 2. The Bertz CT molecular complexity index is 930. The number of rotatable bonds is 5. The highest BCUT2D eigenvalue weighted by atomic mass is 19.1. The highest BCUT2D eigenvalue weighted by Gasteiger charge is 2.43. The van der Waals surface area contributed by atoms with E-state index in [9.17, 15) is 14.0 Å². The molecule has 1 aliphatic heterocycles. The minimum atomic E-state index is -0.821. The molecule has 1 saturated heterocycles. The second-order valence-corrected chi connectivity index (χ2v) is 8.75. The SMILES string of the molecule is Cn1ncc(F)c1-c1ccc(CNC(=O)C2CCCN2C(=O)C2(N)CCCCC2)cc1. The fourth-order valence-corrected chi connectivity index (χ4v) is 4.79. The lowest BCUT2D eigenvalue weighted by Crippen LogP contribution is -2.59. The number of benzene rings is 1. The number of aromatic nitrogens is 2. The lowest BCUT2D eigenvalue weighted by molar-refractivity contribution is -0.143. The fraction of sp³-hybridized carbons (Fsp3) is 0.522. The molecule has 7 nitrogen and oxygen atoms in total. The highest BCUT2D eigenvalue weighted by Crippen LogP contribution is 2.30. The predicted octanol–water partition coefficient (Wildman–Crippen LogP) is 2.50. The van der Waals surface area contributed by atoms with Crippen molar-refractivity contribution in [3.8, 4) is 11.3 Å². The third-order valence-corrected chi connectivity index (χ3v) is 6.58. The molecular weight excluding hydrogens is 397 g/mol. The zero-order valence-electron chi connectivity index (χ0n) is 17.9. The quantitative estimate of drug-likeness (QED) is 0.767. The maximum absolute atomic E-state index is 13.9. The number of hydrogen-bond acceptors (Lipinski definition) is 4. The Morgan fingerprint density at radius 3 is 2.55 bits per heavy atom. The monoisotopic (exact) mass is 427 g/mol. The molecule has 166 valence electrons. The van der Waals surface area contributed by atoms with E-state index in [-0.39, 0.29) is 17.6 Å². The summed E-state index contributed by atoms with van der Waals surface area (Å²) in [6.45, 7) is 0.931. The molecule has 1 atom stereocenters. The van der Waals surface area contributed by atoms with E-state index in [4.69, 9.17) is 5.73 Å². The van der Waals surface area contributed by atoms with Gasteiger partial charge in [0, 0.05) is 25.7 Å². The van der Waals surface area contributed by atoms with E-state index < -0.39 is 11.6 Å². The molecule has 2 aromatic rings. The number of nitrogens with two attached hydrogens (primary N) is 1. The van der Waals surface area contributed by atoms with Crippen molar-refractivity contribution in [2.75, 3.05) is 6.54 Å². The number of carbonyl (C=O) groups is 2. The molecule has 0 bridgehead atoms. The van der Waals surface area contributed by atoms with Gasteiger partial charge in [-0.1, -0.05) is 43.5 Å². The summed E-state index contributed by atoms with van der Waals surface area (Å²) in [5.41, 5.74) is 7.66. The van der Waals surface area contributed by atoms with Crippen LogP contribution in [0.5, 0.6) is 0 Å². The van der Waals surface area contributed by atoms with Gasteiger partial charge in [-0.15, -0.1) is 0 Å². The van der Waals surface area contributed by atoms with E-state index in [0.29, 0.717) is 38.0 Å². The largest absolute Gasteiger partial charge is 0.350 e. The van der Waals surface area contributed by atoms with Crippen LogP contribution in [0.4, 0.5) is 4.39 Å². The topological polar surface area (TPSA) is 93.2 Å². The first kappa shape index (κ1) is 21.5. The van der Waals surface area contributed by atoms with Crippen LogP contribution in [0.15, 0.2) is 30.5 Å². The molecule has 0 spiro atoms. The molecule has 31 heavy (non-hydrogen) atoms. The number of likely N-dealkylation sites (tertiary alicyclic amines) is 1. The third kappa shape index (κ3) is 4.35. The molecule has 1 saturated carbocycles. The Kier molecular flexibility index (Phi) is 6.09. The second-order valence-electron chi connectivity index (χ2n) is 8.75. The van der Waals surface area contributed by atoms with Crippen LogP contribution in [0.3, 0.4) is 0 Å². The van der Waals surface area contributed by atoms with Gasteiger partial charge in [0.25, 0.3) is 0 Å². The average Bonchev–Trinajstić information content (AvgIpc) is 3.39. The van der Waals surface area contributed by atoms with E-state index in [1.807, 2.05) is 24.3 Å². The number of carbonyl (C=O) groups excluding carboxylic acids is 2. The van der Waals surface area contributed by atoms with Crippen molar-refractivity contribution >= 4 is 11.8 Å². The van der Waals surface area contributed by atoms with Crippen LogP contribution in [0.1, 0.15) is 50.5 Å². The number of nitrogens with one attached hydrogen (secondary N) is 1. The molecule has 8 heteroatoms. The molecule has 2 fully saturated rings. The zero-order chi connectivity index (χ0) is 22.0. The van der Waals surface area contributed by atoms with Crippen molar-refractivity contribution in [3.63, 3.8) is 0 Å². The number of aryl methyl sites for hydroxylation is 1. The first-order valence-electron chi connectivity index (χ1n) is 11.0. The van der Waals surface area contributed by atoms with E-state index in [1.54, 1.807) is 11.9 Å². The molecule has 4 rings (SSSR count). The predicted molar refractivity (Wildman–Crippen MR) is 115 cm³/mol. The van der Waals surface area contributed by atoms with Crippen molar-refractivity contribution in [1.82, 2.24) is 20.0 Å². The van der Waals surface area contributed by atoms with Crippen molar-refractivity contribution in [1.29, 1.82) is 0 Å². The molecule has 2 aliphatic rings. The van der Waals surface area contributed by atoms with Gasteiger partial charge in [0.1, 0.15) is 11.7 Å². The van der Waals surface area contributed by atoms with Crippen LogP contribution in [-0.2, 0) is 23.2 Å². The standard InChI is InChI=1S/C23H30FN5O2/c1-28-20(18(24)15-27-28)17-9-7-16(8-10-17)14-26-21(30)19-6-5-13-29(19)22(31)23(25)11-3-2-4-12-23/h7-10,15,19H,2-6,11-14,25H2,1H3,(H,26,30). The summed E-state index contributed by atoms with van der Waals surface area (Å²) in [7, 11) is 1.69. The lowest BCUT2D eigenvalue weighted by Gasteiger charge is -2.37. The summed E-state index contributed by atoms with van der Waals surface area (Å²) in [5, 5.41) is 6.87. The van der Waals surface area contributed by atoms with Crippen LogP contribution in [0, 0.1) is 5.82 Å². The van der Waals surface area contributed by atoms with Gasteiger partial charge in [0.05, 0.1) is 11.7 Å². The first-order valence-corrected chi connectivity index (χ1v) is 11.0. The molecule has 0 radical (unpaired) electrons. The van der Waals surface area contributed by atoms with Crippen LogP contribution in [-0.4, -0.2) is 44.6 Å². The van der Waals surface area contributed by atoms with Crippen molar-refractivity contribution in [2.24, 2.45) is 12.8 Å². The summed E-state index contributed by atoms with van der Waals surface area (Å²) in [6, 6.07) is 6.88. The molecule has 3 N–H and O–H groups in total. The second kappa shape index (κ2) is 8.78. The summed E-state index contributed by atoms with van der Waals surface area (Å²) < 4.78 is 15.4. The van der Waals surface area contributed by atoms with E-state index in [2.05, 4.69) is 10.4 Å². The Labute approximate surface area is 181 Å². The van der Waals surface area contributed by atoms with Gasteiger partial charge in [-0.2, -0.15) is 5.10 Å². The van der Waals surface area contributed by atoms with Gasteiger partial charge < -0.3 is 16.0 Å². The Hall–Kier alpha value is -2.74. The van der Waals surface area contributed by atoms with Gasteiger partial charge >= 0.3 is 0 Å². The van der Waals surface area contributed by atoms with Gasteiger partial charge in [-0.3, -0.25) is 14.3 Å². The van der Waals surface area contributed by atoms with Crippen molar-refractivity contribution in [3.05, 3.63) is 41.8 Å². The highest BCUT2D eigenvalue weighted by molar-refractivity contribution is 5.92. The summed E-state index contributed by atoms with van der Waals surface area (Å²) in [6.07, 6.45) is 7.09. The molecule has 1 aliphatic carbocycles. The lowest BCUT2D eigenvalue weighted by atomic mass is 9.81. The average molecular weight is 428 g/mol. The molecule has 1 aromatic heterocycles. The van der Waals surface area contributed by atoms with Gasteiger partial charge in [-0.25, -0.2) is 4.39 Å². The normalized spacial score (nSPS) is 20.6. The maximum atomic E-state index is 13.9. The van der Waals surface area contributed by atoms with Crippen LogP contribution >= 0.6 is 0 Å². The molecule has 2 amide bonds.